The molecular formula is C10H11F3O2. The Morgan fingerprint density at radius 1 is 1.20 bits per heavy atom. The Labute approximate surface area is 85.3 Å². The van der Waals surface area contributed by atoms with Crippen LogP contribution >= 0.6 is 0 Å². The molecule has 0 unspecified atom stereocenters. The fraction of sp³-hybridized carbons (Fsp3) is 0.400. The highest BCUT2D eigenvalue weighted by atomic mass is 19.4. The van der Waals surface area contributed by atoms with Crippen LogP contribution in [-0.2, 0) is 6.42 Å². The van der Waals surface area contributed by atoms with Gasteiger partial charge in [-0.25, -0.2) is 0 Å². The summed E-state index contributed by atoms with van der Waals surface area (Å²) in [6.07, 6.45) is -4.06. The van der Waals surface area contributed by atoms with Crippen molar-refractivity contribution in [3.05, 3.63) is 29.8 Å². The molecule has 1 N–H and O–H groups in total. The number of hydrogen-bond acceptors (Lipinski definition) is 2. The molecule has 0 heterocycles. The number of hydrogen-bond donors (Lipinski definition) is 1. The van der Waals surface area contributed by atoms with Gasteiger partial charge in [-0.05, 0) is 18.1 Å². The minimum Gasteiger partial charge on any atom is -0.484 e. The first kappa shape index (κ1) is 11.8. The molecular weight excluding hydrogens is 209 g/mol. The van der Waals surface area contributed by atoms with E-state index in [2.05, 4.69) is 4.74 Å². The van der Waals surface area contributed by atoms with Gasteiger partial charge in [0, 0.05) is 6.61 Å². The molecule has 0 fully saturated rings. The molecule has 0 amide bonds. The lowest BCUT2D eigenvalue weighted by Gasteiger charge is -2.12. The van der Waals surface area contributed by atoms with Crippen molar-refractivity contribution in [2.45, 2.75) is 12.6 Å². The summed E-state index contributed by atoms with van der Waals surface area (Å²) in [6.45, 7) is -1.43. The summed E-state index contributed by atoms with van der Waals surface area (Å²) in [6, 6.07) is 6.36. The van der Waals surface area contributed by atoms with Crippen molar-refractivity contribution in [1.82, 2.24) is 0 Å². The molecule has 0 atom stereocenters. The van der Waals surface area contributed by atoms with Crippen LogP contribution in [0.5, 0.6) is 5.75 Å². The first-order chi connectivity index (χ1) is 7.03. The molecule has 1 aromatic rings. The second kappa shape index (κ2) is 5.02. The molecule has 1 rings (SSSR count). The van der Waals surface area contributed by atoms with Gasteiger partial charge in [-0.1, -0.05) is 18.2 Å². The van der Waals surface area contributed by atoms with Crippen LogP contribution in [0.1, 0.15) is 5.56 Å². The van der Waals surface area contributed by atoms with Gasteiger partial charge in [0.1, 0.15) is 5.75 Å². The predicted octanol–water partition coefficient (Wildman–Crippen LogP) is 2.16. The smallest absolute Gasteiger partial charge is 0.422 e. The van der Waals surface area contributed by atoms with Gasteiger partial charge in [-0.3, -0.25) is 0 Å². The van der Waals surface area contributed by atoms with Crippen molar-refractivity contribution >= 4 is 0 Å². The van der Waals surface area contributed by atoms with Gasteiger partial charge in [0.15, 0.2) is 6.61 Å². The molecule has 0 bridgehead atoms. The molecule has 0 aliphatic rings. The lowest BCUT2D eigenvalue weighted by molar-refractivity contribution is -0.153. The van der Waals surface area contributed by atoms with Gasteiger partial charge in [0.2, 0.25) is 0 Å². The number of ether oxygens (including phenoxy) is 1. The Balaban J connectivity index is 2.67. The number of rotatable bonds is 4. The highest BCUT2D eigenvalue weighted by molar-refractivity contribution is 5.33. The number of halogens is 3. The Morgan fingerprint density at radius 3 is 2.47 bits per heavy atom. The maximum absolute atomic E-state index is 11.9. The van der Waals surface area contributed by atoms with Gasteiger partial charge in [-0.2, -0.15) is 13.2 Å². The molecule has 0 aliphatic heterocycles. The topological polar surface area (TPSA) is 29.5 Å². The summed E-state index contributed by atoms with van der Waals surface area (Å²) in [5.41, 5.74) is 0.573. The summed E-state index contributed by atoms with van der Waals surface area (Å²) in [5, 5.41) is 8.69. The standard InChI is InChI=1S/C10H11F3O2/c11-10(12,13)7-15-9-4-2-1-3-8(9)5-6-14/h1-4,14H,5-7H2. The Kier molecular flexibility index (Phi) is 3.96. The first-order valence-corrected chi connectivity index (χ1v) is 4.41. The lowest BCUT2D eigenvalue weighted by atomic mass is 10.1. The van der Waals surface area contributed by atoms with Gasteiger partial charge in [0.05, 0.1) is 0 Å². The fourth-order valence-electron chi connectivity index (χ4n) is 1.13. The third-order valence-corrected chi connectivity index (χ3v) is 1.75. The second-order valence-corrected chi connectivity index (χ2v) is 2.99. The third-order valence-electron chi connectivity index (χ3n) is 1.75. The highest BCUT2D eigenvalue weighted by Crippen LogP contribution is 2.22. The number of para-hydroxylation sites is 1. The molecule has 1 aromatic carbocycles. The monoisotopic (exact) mass is 220 g/mol. The van der Waals surface area contributed by atoms with Gasteiger partial charge < -0.3 is 9.84 Å². The van der Waals surface area contributed by atoms with Gasteiger partial charge in [-0.15, -0.1) is 0 Å². The number of aliphatic hydroxyl groups is 1. The van der Waals surface area contributed by atoms with Gasteiger partial charge >= 0.3 is 6.18 Å². The molecule has 5 heteroatoms. The van der Waals surface area contributed by atoms with Crippen molar-refractivity contribution in [3.8, 4) is 5.75 Å². The summed E-state index contributed by atoms with van der Waals surface area (Å²) in [7, 11) is 0. The highest BCUT2D eigenvalue weighted by Gasteiger charge is 2.28. The van der Waals surface area contributed by atoms with E-state index in [1.165, 1.54) is 6.07 Å². The number of benzene rings is 1. The second-order valence-electron chi connectivity index (χ2n) is 2.99. The van der Waals surface area contributed by atoms with E-state index in [0.717, 1.165) is 0 Å². The van der Waals surface area contributed by atoms with Crippen molar-refractivity contribution in [3.63, 3.8) is 0 Å². The minimum absolute atomic E-state index is 0.119. The molecule has 0 aromatic heterocycles. The average Bonchev–Trinajstić information content (AvgIpc) is 2.16. The average molecular weight is 220 g/mol. The van der Waals surface area contributed by atoms with Crippen molar-refractivity contribution in [2.75, 3.05) is 13.2 Å². The van der Waals surface area contributed by atoms with E-state index in [0.29, 0.717) is 5.56 Å². The largest absolute Gasteiger partial charge is 0.484 e. The minimum atomic E-state index is -4.34. The van der Waals surface area contributed by atoms with Crippen LogP contribution < -0.4 is 4.74 Å². The van der Waals surface area contributed by atoms with Crippen LogP contribution in [0.15, 0.2) is 24.3 Å². The summed E-state index contributed by atoms with van der Waals surface area (Å²) >= 11 is 0. The summed E-state index contributed by atoms with van der Waals surface area (Å²) in [4.78, 5) is 0. The molecule has 2 nitrogen and oxygen atoms in total. The van der Waals surface area contributed by atoms with Crippen LogP contribution in [0.3, 0.4) is 0 Å². The SMILES string of the molecule is OCCc1ccccc1OCC(F)(F)F. The predicted molar refractivity (Wildman–Crippen MR) is 48.8 cm³/mol. The van der Waals surface area contributed by atoms with Crippen LogP contribution in [0.4, 0.5) is 13.2 Å². The molecule has 0 saturated carbocycles. The zero-order valence-corrected chi connectivity index (χ0v) is 7.92. The Bertz CT molecular complexity index is 310. The van der Waals surface area contributed by atoms with Crippen LogP contribution in [0.2, 0.25) is 0 Å². The van der Waals surface area contributed by atoms with E-state index < -0.39 is 12.8 Å². The molecule has 0 spiro atoms. The summed E-state index contributed by atoms with van der Waals surface area (Å²) < 4.78 is 40.3. The van der Waals surface area contributed by atoms with Crippen molar-refractivity contribution < 1.29 is 23.0 Å². The third kappa shape index (κ3) is 4.20. The van der Waals surface area contributed by atoms with Gasteiger partial charge in [0.25, 0.3) is 0 Å². The Morgan fingerprint density at radius 2 is 1.87 bits per heavy atom. The number of alkyl halides is 3. The Hall–Kier alpha value is -1.23. The van der Waals surface area contributed by atoms with Crippen LogP contribution in [0, 0.1) is 0 Å². The van der Waals surface area contributed by atoms with E-state index in [1.54, 1.807) is 18.2 Å². The van der Waals surface area contributed by atoms with Crippen LogP contribution in [0.25, 0.3) is 0 Å². The zero-order valence-electron chi connectivity index (χ0n) is 7.92. The van der Waals surface area contributed by atoms with Crippen molar-refractivity contribution in [2.24, 2.45) is 0 Å². The number of aliphatic hydroxyl groups excluding tert-OH is 1. The quantitative estimate of drug-likeness (QED) is 0.842. The maximum Gasteiger partial charge on any atom is 0.422 e. The fourth-order valence-corrected chi connectivity index (χ4v) is 1.13. The lowest BCUT2D eigenvalue weighted by Crippen LogP contribution is -2.19. The van der Waals surface area contributed by atoms with Crippen LogP contribution in [-0.4, -0.2) is 24.5 Å². The van der Waals surface area contributed by atoms with E-state index in [-0.39, 0.29) is 18.8 Å². The summed E-state index contributed by atoms with van der Waals surface area (Å²) in [5.74, 6) is 0.170. The van der Waals surface area contributed by atoms with E-state index in [9.17, 15) is 13.2 Å². The normalized spacial score (nSPS) is 11.5. The van der Waals surface area contributed by atoms with E-state index in [1.807, 2.05) is 0 Å². The molecule has 0 saturated heterocycles. The van der Waals surface area contributed by atoms with E-state index in [4.69, 9.17) is 5.11 Å². The molecule has 15 heavy (non-hydrogen) atoms. The van der Waals surface area contributed by atoms with Crippen molar-refractivity contribution in [1.29, 1.82) is 0 Å². The molecule has 84 valence electrons. The molecule has 0 aliphatic carbocycles. The van der Waals surface area contributed by atoms with E-state index >= 15 is 0 Å². The first-order valence-electron chi connectivity index (χ1n) is 4.41. The molecule has 0 radical (unpaired) electrons. The maximum atomic E-state index is 11.9. The zero-order chi connectivity index (χ0) is 11.3.